The van der Waals surface area contributed by atoms with Gasteiger partial charge in [-0.1, -0.05) is 106 Å². The van der Waals surface area contributed by atoms with Gasteiger partial charge in [-0.15, -0.1) is 0 Å². The highest BCUT2D eigenvalue weighted by Gasteiger charge is 2.00. The molecular formula is C24H30. The van der Waals surface area contributed by atoms with Crippen molar-refractivity contribution >= 4 is 22.9 Å². The van der Waals surface area contributed by atoms with E-state index in [0.717, 1.165) is 0 Å². The van der Waals surface area contributed by atoms with Crippen LogP contribution in [0.25, 0.3) is 22.9 Å². The molecule has 3 aromatic carbocycles. The van der Waals surface area contributed by atoms with E-state index in [-0.39, 0.29) is 0 Å². The van der Waals surface area contributed by atoms with E-state index in [4.69, 9.17) is 0 Å². The summed E-state index contributed by atoms with van der Waals surface area (Å²) >= 11 is 0. The first kappa shape index (κ1) is 19.7. The van der Waals surface area contributed by atoms with E-state index in [1.807, 2.05) is 27.7 Å². The molecule has 0 aliphatic carbocycles. The number of rotatable bonds is 2. The number of fused-ring (bicyclic) bond motifs is 1. The summed E-state index contributed by atoms with van der Waals surface area (Å²) < 4.78 is 0. The first-order valence-electron chi connectivity index (χ1n) is 8.97. The average molecular weight is 319 g/mol. The SMILES string of the molecule is CC.CC.Cc1ccc(C=Cc2ccc(C)c3ccccc23)cc1. The summed E-state index contributed by atoms with van der Waals surface area (Å²) in [5.41, 5.74) is 5.13. The van der Waals surface area contributed by atoms with Gasteiger partial charge in [0, 0.05) is 0 Å². The molecule has 24 heavy (non-hydrogen) atoms. The van der Waals surface area contributed by atoms with E-state index < -0.39 is 0 Å². The molecule has 0 unspecified atom stereocenters. The Morgan fingerprint density at radius 2 is 1.17 bits per heavy atom. The third kappa shape index (κ3) is 5.09. The summed E-state index contributed by atoms with van der Waals surface area (Å²) in [6.07, 6.45) is 4.38. The van der Waals surface area contributed by atoms with Gasteiger partial charge in [-0.05, 0) is 41.3 Å². The van der Waals surface area contributed by atoms with Crippen molar-refractivity contribution in [2.75, 3.05) is 0 Å². The molecule has 0 radical (unpaired) electrons. The lowest BCUT2D eigenvalue weighted by Gasteiger charge is -2.05. The third-order valence-corrected chi connectivity index (χ3v) is 3.71. The second-order valence-corrected chi connectivity index (χ2v) is 5.26. The molecule has 0 atom stereocenters. The van der Waals surface area contributed by atoms with Gasteiger partial charge in [0.1, 0.15) is 0 Å². The fraction of sp³-hybridized carbons (Fsp3) is 0.250. The van der Waals surface area contributed by atoms with Gasteiger partial charge in [0.15, 0.2) is 0 Å². The maximum atomic E-state index is 2.20. The smallest absolute Gasteiger partial charge is 0.0109 e. The van der Waals surface area contributed by atoms with E-state index in [1.165, 1.54) is 33.0 Å². The van der Waals surface area contributed by atoms with Gasteiger partial charge in [0.2, 0.25) is 0 Å². The Bertz CT molecular complexity index is 762. The van der Waals surface area contributed by atoms with E-state index >= 15 is 0 Å². The molecule has 3 rings (SSSR count). The monoisotopic (exact) mass is 318 g/mol. The van der Waals surface area contributed by atoms with Crippen molar-refractivity contribution in [3.63, 3.8) is 0 Å². The molecule has 0 heteroatoms. The number of aryl methyl sites for hydroxylation is 2. The van der Waals surface area contributed by atoms with E-state index in [2.05, 4.69) is 86.7 Å². The molecule has 0 bridgehead atoms. The van der Waals surface area contributed by atoms with Gasteiger partial charge in [0.25, 0.3) is 0 Å². The van der Waals surface area contributed by atoms with Crippen LogP contribution in [0.3, 0.4) is 0 Å². The molecule has 0 fully saturated rings. The molecule has 0 N–H and O–H groups in total. The van der Waals surface area contributed by atoms with Gasteiger partial charge in [-0.2, -0.15) is 0 Å². The average Bonchev–Trinajstić information content (AvgIpc) is 2.66. The lowest BCUT2D eigenvalue weighted by atomic mass is 9.99. The lowest BCUT2D eigenvalue weighted by molar-refractivity contribution is 1.46. The van der Waals surface area contributed by atoms with E-state index in [9.17, 15) is 0 Å². The number of hydrogen-bond donors (Lipinski definition) is 0. The highest BCUT2D eigenvalue weighted by atomic mass is 14.0. The zero-order chi connectivity index (χ0) is 17.9. The Morgan fingerprint density at radius 3 is 1.79 bits per heavy atom. The van der Waals surface area contributed by atoms with Crippen LogP contribution in [-0.2, 0) is 0 Å². The first-order chi connectivity index (χ1) is 11.7. The maximum absolute atomic E-state index is 2.20. The number of hydrogen-bond acceptors (Lipinski definition) is 0. The van der Waals surface area contributed by atoms with Gasteiger partial charge >= 0.3 is 0 Å². The molecule has 0 aliphatic heterocycles. The highest BCUT2D eigenvalue weighted by Crippen LogP contribution is 2.24. The fourth-order valence-electron chi connectivity index (χ4n) is 2.48. The predicted molar refractivity (Wildman–Crippen MR) is 111 cm³/mol. The molecule has 126 valence electrons. The zero-order valence-corrected chi connectivity index (χ0v) is 15.9. The topological polar surface area (TPSA) is 0 Å². The summed E-state index contributed by atoms with van der Waals surface area (Å²) in [7, 11) is 0. The second kappa shape index (κ2) is 10.4. The van der Waals surface area contributed by atoms with Crippen LogP contribution < -0.4 is 0 Å². The minimum atomic E-state index is 1.24. The molecular weight excluding hydrogens is 288 g/mol. The van der Waals surface area contributed by atoms with Crippen molar-refractivity contribution < 1.29 is 0 Å². The molecule has 0 saturated heterocycles. The quantitative estimate of drug-likeness (QED) is 0.425. The summed E-state index contributed by atoms with van der Waals surface area (Å²) in [4.78, 5) is 0. The summed E-state index contributed by atoms with van der Waals surface area (Å²) in [6, 6.07) is 21.6. The summed E-state index contributed by atoms with van der Waals surface area (Å²) in [5.74, 6) is 0. The molecule has 3 aromatic rings. The van der Waals surface area contributed by atoms with Crippen molar-refractivity contribution in [1.82, 2.24) is 0 Å². The van der Waals surface area contributed by atoms with Crippen molar-refractivity contribution in [1.29, 1.82) is 0 Å². The van der Waals surface area contributed by atoms with E-state index in [0.29, 0.717) is 0 Å². The van der Waals surface area contributed by atoms with Crippen molar-refractivity contribution in [3.8, 4) is 0 Å². The zero-order valence-electron chi connectivity index (χ0n) is 15.9. The standard InChI is InChI=1S/C20H18.2C2H6/c1-15-7-10-17(11-8-15)12-14-18-13-9-16(2)19-5-3-4-6-20(18)19;2*1-2/h3-14H,1-2H3;2*1-2H3. The van der Waals surface area contributed by atoms with Crippen LogP contribution >= 0.6 is 0 Å². The summed E-state index contributed by atoms with van der Waals surface area (Å²) in [5, 5.41) is 2.65. The number of benzene rings is 3. The maximum Gasteiger partial charge on any atom is -0.0109 e. The normalized spacial score (nSPS) is 9.92. The van der Waals surface area contributed by atoms with Crippen LogP contribution in [0.1, 0.15) is 49.9 Å². The van der Waals surface area contributed by atoms with Crippen LogP contribution in [0.15, 0.2) is 60.7 Å². The fourth-order valence-corrected chi connectivity index (χ4v) is 2.48. The predicted octanol–water partition coefficient (Wildman–Crippen LogP) is 7.68. The largest absolute Gasteiger partial charge is 0.0683 e. The minimum absolute atomic E-state index is 1.24. The summed E-state index contributed by atoms with van der Waals surface area (Å²) in [6.45, 7) is 12.3. The third-order valence-electron chi connectivity index (χ3n) is 3.71. The molecule has 0 nitrogen and oxygen atoms in total. The molecule has 0 aliphatic rings. The van der Waals surface area contributed by atoms with E-state index in [1.54, 1.807) is 0 Å². The first-order valence-corrected chi connectivity index (χ1v) is 8.97. The molecule has 0 saturated carbocycles. The van der Waals surface area contributed by atoms with Crippen LogP contribution in [0, 0.1) is 13.8 Å². The molecule has 0 aromatic heterocycles. The Kier molecular flexibility index (Phi) is 8.57. The van der Waals surface area contributed by atoms with Crippen molar-refractivity contribution in [3.05, 3.63) is 82.9 Å². The van der Waals surface area contributed by atoms with Crippen LogP contribution in [0.2, 0.25) is 0 Å². The van der Waals surface area contributed by atoms with Crippen molar-refractivity contribution in [2.45, 2.75) is 41.5 Å². The molecule has 0 heterocycles. The second-order valence-electron chi connectivity index (χ2n) is 5.26. The molecule has 0 spiro atoms. The lowest BCUT2D eigenvalue weighted by Crippen LogP contribution is -1.82. The van der Waals surface area contributed by atoms with Crippen LogP contribution in [0.4, 0.5) is 0 Å². The Balaban J connectivity index is 0.000000671. The van der Waals surface area contributed by atoms with Crippen LogP contribution in [0.5, 0.6) is 0 Å². The highest BCUT2D eigenvalue weighted by molar-refractivity contribution is 5.94. The Hall–Kier alpha value is -2.34. The van der Waals surface area contributed by atoms with Gasteiger partial charge < -0.3 is 0 Å². The minimum Gasteiger partial charge on any atom is -0.0683 e. The Labute approximate surface area is 147 Å². The van der Waals surface area contributed by atoms with Gasteiger partial charge in [-0.3, -0.25) is 0 Å². The molecule has 0 amide bonds. The van der Waals surface area contributed by atoms with Crippen molar-refractivity contribution in [2.24, 2.45) is 0 Å². The Morgan fingerprint density at radius 1 is 0.583 bits per heavy atom. The van der Waals surface area contributed by atoms with Gasteiger partial charge in [-0.25, -0.2) is 0 Å². The van der Waals surface area contributed by atoms with Gasteiger partial charge in [0.05, 0.1) is 0 Å². The van der Waals surface area contributed by atoms with Crippen LogP contribution in [-0.4, -0.2) is 0 Å².